The van der Waals surface area contributed by atoms with Gasteiger partial charge in [0.15, 0.2) is 5.78 Å². The number of ketones is 1. The van der Waals surface area contributed by atoms with Crippen LogP contribution < -0.4 is 0 Å². The smallest absolute Gasteiger partial charge is 0.256 e. The van der Waals surface area contributed by atoms with Gasteiger partial charge < -0.3 is 0 Å². The van der Waals surface area contributed by atoms with Crippen LogP contribution in [0.3, 0.4) is 0 Å². The summed E-state index contributed by atoms with van der Waals surface area (Å²) >= 11 is 1.35. The van der Waals surface area contributed by atoms with Crippen LogP contribution in [0, 0.1) is 0 Å². The van der Waals surface area contributed by atoms with Gasteiger partial charge in [-0.05, 0) is 0 Å². The van der Waals surface area contributed by atoms with Crippen LogP contribution in [0.15, 0.2) is 35.3 Å². The third-order valence-corrected chi connectivity index (χ3v) is 2.98. The highest BCUT2D eigenvalue weighted by atomic mass is 32.2. The van der Waals surface area contributed by atoms with Crippen molar-refractivity contribution in [2.75, 3.05) is 5.75 Å². The number of Topliss-reactive ketones (excluding diaryl/α,β-unsaturated/α-hetero) is 1. The van der Waals surface area contributed by atoms with Gasteiger partial charge in [-0.15, -0.1) is 11.8 Å². The predicted molar refractivity (Wildman–Crippen MR) is 60.3 cm³/mol. The van der Waals surface area contributed by atoms with Gasteiger partial charge in [-0.1, -0.05) is 30.3 Å². The molecule has 0 radical (unpaired) electrons. The highest BCUT2D eigenvalue weighted by Gasteiger charge is 2.18. The van der Waals surface area contributed by atoms with E-state index < -0.39 is 0 Å². The molecule has 1 aromatic rings. The molecule has 1 aromatic carbocycles. The lowest BCUT2D eigenvalue weighted by atomic mass is 10.1. The molecular weight excluding hydrogens is 210 g/mol. The van der Waals surface area contributed by atoms with E-state index in [1.807, 2.05) is 18.2 Å². The average Bonchev–Trinajstić information content (AvgIpc) is 2.65. The van der Waals surface area contributed by atoms with Crippen LogP contribution in [0.2, 0.25) is 0 Å². The SMILES string of the molecule is O=C1CSC(CC(=O)c2ccccc2)=N1. The Morgan fingerprint density at radius 3 is 2.67 bits per heavy atom. The summed E-state index contributed by atoms with van der Waals surface area (Å²) in [6, 6.07) is 9.04. The summed E-state index contributed by atoms with van der Waals surface area (Å²) in [5, 5.41) is 0.633. The Morgan fingerprint density at radius 2 is 2.07 bits per heavy atom. The Morgan fingerprint density at radius 1 is 1.33 bits per heavy atom. The molecule has 0 N–H and O–H groups in total. The maximum atomic E-state index is 11.7. The lowest BCUT2D eigenvalue weighted by Crippen LogP contribution is -2.03. The molecule has 3 nitrogen and oxygen atoms in total. The van der Waals surface area contributed by atoms with Crippen molar-refractivity contribution in [3.8, 4) is 0 Å². The number of aliphatic imine (C=N–C) groups is 1. The maximum Gasteiger partial charge on any atom is 0.256 e. The van der Waals surface area contributed by atoms with Gasteiger partial charge in [0.2, 0.25) is 0 Å². The third kappa shape index (κ3) is 2.53. The maximum absolute atomic E-state index is 11.7. The minimum Gasteiger partial charge on any atom is -0.294 e. The molecule has 15 heavy (non-hydrogen) atoms. The number of hydrogen-bond donors (Lipinski definition) is 0. The van der Waals surface area contributed by atoms with E-state index in [2.05, 4.69) is 4.99 Å². The summed E-state index contributed by atoms with van der Waals surface area (Å²) in [5.41, 5.74) is 0.667. The number of nitrogens with zero attached hydrogens (tertiary/aromatic N) is 1. The first-order valence-corrected chi connectivity index (χ1v) is 5.56. The summed E-state index contributed by atoms with van der Waals surface area (Å²) in [5.74, 6) is 0.240. The van der Waals surface area contributed by atoms with Crippen LogP contribution in [-0.2, 0) is 4.79 Å². The largest absolute Gasteiger partial charge is 0.294 e. The Balaban J connectivity index is 2.05. The number of rotatable bonds is 3. The van der Waals surface area contributed by atoms with Gasteiger partial charge in [0.1, 0.15) is 0 Å². The normalized spacial score (nSPS) is 15.2. The van der Waals surface area contributed by atoms with E-state index in [-0.39, 0.29) is 18.1 Å². The fourth-order valence-corrected chi connectivity index (χ4v) is 2.06. The van der Waals surface area contributed by atoms with Crippen molar-refractivity contribution < 1.29 is 9.59 Å². The highest BCUT2D eigenvalue weighted by molar-refractivity contribution is 8.15. The summed E-state index contributed by atoms with van der Waals surface area (Å²) < 4.78 is 0. The topological polar surface area (TPSA) is 46.5 Å². The number of amides is 1. The summed E-state index contributed by atoms with van der Waals surface area (Å²) in [7, 11) is 0. The van der Waals surface area contributed by atoms with E-state index in [4.69, 9.17) is 0 Å². The van der Waals surface area contributed by atoms with Gasteiger partial charge in [0.25, 0.3) is 5.91 Å². The van der Waals surface area contributed by atoms with Crippen molar-refractivity contribution in [2.45, 2.75) is 6.42 Å². The van der Waals surface area contributed by atoms with Gasteiger partial charge in [-0.25, -0.2) is 4.99 Å². The lowest BCUT2D eigenvalue weighted by Gasteiger charge is -1.98. The first-order valence-electron chi connectivity index (χ1n) is 4.57. The molecule has 0 aromatic heterocycles. The zero-order valence-electron chi connectivity index (χ0n) is 7.97. The molecule has 1 aliphatic heterocycles. The molecule has 0 atom stereocenters. The van der Waals surface area contributed by atoms with Crippen LogP contribution in [0.4, 0.5) is 0 Å². The monoisotopic (exact) mass is 219 g/mol. The third-order valence-electron chi connectivity index (χ3n) is 2.02. The quantitative estimate of drug-likeness (QED) is 0.730. The van der Waals surface area contributed by atoms with E-state index in [0.717, 1.165) is 0 Å². The van der Waals surface area contributed by atoms with Gasteiger partial charge >= 0.3 is 0 Å². The zero-order chi connectivity index (χ0) is 10.7. The van der Waals surface area contributed by atoms with Crippen molar-refractivity contribution >= 4 is 28.5 Å². The number of carbonyl (C=O) groups excluding carboxylic acids is 2. The summed E-state index contributed by atoms with van der Waals surface area (Å²) in [6.07, 6.45) is 0.237. The second kappa shape index (κ2) is 4.40. The number of carbonyl (C=O) groups is 2. The van der Waals surface area contributed by atoms with Crippen molar-refractivity contribution in [1.82, 2.24) is 0 Å². The molecule has 0 bridgehead atoms. The fourth-order valence-electron chi connectivity index (χ4n) is 1.30. The second-order valence-corrected chi connectivity index (χ2v) is 4.20. The molecule has 0 aliphatic carbocycles. The lowest BCUT2D eigenvalue weighted by molar-refractivity contribution is -0.115. The van der Waals surface area contributed by atoms with Crippen LogP contribution >= 0.6 is 11.8 Å². The first kappa shape index (κ1) is 10.1. The fraction of sp³-hybridized carbons (Fsp3) is 0.182. The molecule has 1 amide bonds. The standard InChI is InChI=1S/C11H9NO2S/c13-9(8-4-2-1-3-5-8)6-11-12-10(14)7-15-11/h1-5H,6-7H2. The molecule has 1 heterocycles. The number of thioether (sulfide) groups is 1. The Hall–Kier alpha value is -1.42. The second-order valence-electron chi connectivity index (χ2n) is 3.15. The first-order chi connectivity index (χ1) is 7.25. The molecule has 0 spiro atoms. The summed E-state index contributed by atoms with van der Waals surface area (Å²) in [6.45, 7) is 0. The van der Waals surface area contributed by atoms with E-state index in [1.165, 1.54) is 11.8 Å². The number of hydrogen-bond acceptors (Lipinski definition) is 3. The van der Waals surface area contributed by atoms with Crippen LogP contribution in [0.1, 0.15) is 16.8 Å². The molecular formula is C11H9NO2S. The number of benzene rings is 1. The van der Waals surface area contributed by atoms with Gasteiger partial charge in [0.05, 0.1) is 17.2 Å². The minimum absolute atomic E-state index is 0.0107. The highest BCUT2D eigenvalue weighted by Crippen LogP contribution is 2.17. The molecule has 0 saturated heterocycles. The van der Waals surface area contributed by atoms with E-state index in [1.54, 1.807) is 12.1 Å². The van der Waals surface area contributed by atoms with Gasteiger partial charge in [-0.3, -0.25) is 9.59 Å². The zero-order valence-corrected chi connectivity index (χ0v) is 8.79. The molecule has 4 heteroatoms. The van der Waals surface area contributed by atoms with Crippen LogP contribution in [-0.4, -0.2) is 22.5 Å². The van der Waals surface area contributed by atoms with Crippen molar-refractivity contribution in [1.29, 1.82) is 0 Å². The Labute approximate surface area is 91.6 Å². The van der Waals surface area contributed by atoms with Crippen molar-refractivity contribution in [3.63, 3.8) is 0 Å². The average molecular weight is 219 g/mol. The van der Waals surface area contributed by atoms with E-state index in [9.17, 15) is 9.59 Å². The molecule has 2 rings (SSSR count). The van der Waals surface area contributed by atoms with E-state index >= 15 is 0 Å². The summed E-state index contributed by atoms with van der Waals surface area (Å²) in [4.78, 5) is 26.3. The van der Waals surface area contributed by atoms with Crippen LogP contribution in [0.25, 0.3) is 0 Å². The van der Waals surface area contributed by atoms with Crippen LogP contribution in [0.5, 0.6) is 0 Å². The van der Waals surface area contributed by atoms with Gasteiger partial charge in [0, 0.05) is 5.56 Å². The van der Waals surface area contributed by atoms with Crippen molar-refractivity contribution in [3.05, 3.63) is 35.9 Å². The molecule has 0 fully saturated rings. The molecule has 1 aliphatic rings. The Bertz CT molecular complexity index is 425. The van der Waals surface area contributed by atoms with Crippen molar-refractivity contribution in [2.24, 2.45) is 4.99 Å². The predicted octanol–water partition coefficient (Wildman–Crippen LogP) is 1.93. The van der Waals surface area contributed by atoms with Gasteiger partial charge in [-0.2, -0.15) is 0 Å². The molecule has 0 saturated carbocycles. The molecule has 76 valence electrons. The van der Waals surface area contributed by atoms with E-state index in [0.29, 0.717) is 16.4 Å². The Kier molecular flexibility index (Phi) is 2.97. The minimum atomic E-state index is -0.143. The molecule has 0 unspecified atom stereocenters.